The molecule has 2 heteroatoms. The number of likely N-dealkylation sites (N-methyl/N-ethyl adjacent to an activating group) is 1. The molecule has 0 bridgehead atoms. The summed E-state index contributed by atoms with van der Waals surface area (Å²) in [5.41, 5.74) is 7.99. The number of hydrogen-bond acceptors (Lipinski definition) is 2. The van der Waals surface area contributed by atoms with E-state index in [9.17, 15) is 0 Å². The van der Waals surface area contributed by atoms with Crippen LogP contribution < -0.4 is 5.73 Å². The van der Waals surface area contributed by atoms with Gasteiger partial charge in [0, 0.05) is 18.8 Å². The fourth-order valence-electron chi connectivity index (χ4n) is 1.98. The smallest absolute Gasteiger partial charge is 0.0316 e. The van der Waals surface area contributed by atoms with E-state index in [1.165, 1.54) is 18.5 Å². The van der Waals surface area contributed by atoms with E-state index in [1.807, 2.05) is 12.1 Å². The molecule has 0 amide bonds. The van der Waals surface area contributed by atoms with Crippen LogP contribution in [0.15, 0.2) is 24.3 Å². The van der Waals surface area contributed by atoms with Gasteiger partial charge in [-0.1, -0.05) is 39.3 Å². The average Bonchev–Trinajstić information content (AvgIpc) is 2.34. The maximum Gasteiger partial charge on any atom is 0.0316 e. The van der Waals surface area contributed by atoms with Crippen molar-refractivity contribution in [3.8, 4) is 0 Å². The first-order chi connectivity index (χ1) is 8.15. The van der Waals surface area contributed by atoms with Gasteiger partial charge in [0.1, 0.15) is 0 Å². The molecule has 0 aliphatic heterocycles. The molecule has 17 heavy (non-hydrogen) atoms. The second kappa shape index (κ2) is 7.33. The summed E-state index contributed by atoms with van der Waals surface area (Å²) in [5.74, 6) is 0.788. The van der Waals surface area contributed by atoms with Crippen molar-refractivity contribution in [2.24, 2.45) is 5.92 Å². The van der Waals surface area contributed by atoms with Crippen molar-refractivity contribution in [3.05, 3.63) is 29.8 Å². The monoisotopic (exact) mass is 234 g/mol. The van der Waals surface area contributed by atoms with Crippen LogP contribution in [-0.2, 0) is 6.42 Å². The molecule has 1 rings (SSSR count). The number of benzene rings is 1. The SMILES string of the molecule is CCC(C)CN(CC)CCc1cccc(N)c1. The van der Waals surface area contributed by atoms with Gasteiger partial charge in [-0.15, -0.1) is 0 Å². The van der Waals surface area contributed by atoms with E-state index in [0.717, 1.165) is 31.1 Å². The fourth-order valence-corrected chi connectivity index (χ4v) is 1.98. The molecule has 0 heterocycles. The van der Waals surface area contributed by atoms with Crippen molar-refractivity contribution in [2.45, 2.75) is 33.6 Å². The Kier molecular flexibility index (Phi) is 6.06. The van der Waals surface area contributed by atoms with Gasteiger partial charge in [-0.2, -0.15) is 0 Å². The molecule has 0 saturated carbocycles. The van der Waals surface area contributed by atoms with Crippen molar-refractivity contribution in [2.75, 3.05) is 25.4 Å². The van der Waals surface area contributed by atoms with Gasteiger partial charge in [-0.05, 0) is 36.6 Å². The van der Waals surface area contributed by atoms with Crippen LogP contribution in [-0.4, -0.2) is 24.5 Å². The van der Waals surface area contributed by atoms with Crippen molar-refractivity contribution >= 4 is 5.69 Å². The molecule has 1 unspecified atom stereocenters. The Hall–Kier alpha value is -1.02. The molecular formula is C15H26N2. The van der Waals surface area contributed by atoms with Crippen LogP contribution in [0.25, 0.3) is 0 Å². The topological polar surface area (TPSA) is 29.3 Å². The highest BCUT2D eigenvalue weighted by Crippen LogP contribution is 2.09. The number of hydrogen-bond donors (Lipinski definition) is 1. The van der Waals surface area contributed by atoms with Crippen LogP contribution in [0.5, 0.6) is 0 Å². The first kappa shape index (κ1) is 14.0. The number of nitrogens with zero attached hydrogens (tertiary/aromatic N) is 1. The van der Waals surface area contributed by atoms with E-state index in [-0.39, 0.29) is 0 Å². The van der Waals surface area contributed by atoms with Gasteiger partial charge in [0.2, 0.25) is 0 Å². The van der Waals surface area contributed by atoms with Crippen molar-refractivity contribution in [1.82, 2.24) is 4.90 Å². The Bertz CT molecular complexity index is 322. The molecule has 0 aliphatic rings. The lowest BCUT2D eigenvalue weighted by Crippen LogP contribution is -2.30. The van der Waals surface area contributed by atoms with E-state index in [2.05, 4.69) is 37.8 Å². The van der Waals surface area contributed by atoms with Crippen LogP contribution in [0.4, 0.5) is 5.69 Å². The first-order valence-electron chi connectivity index (χ1n) is 6.72. The summed E-state index contributed by atoms with van der Waals surface area (Å²) in [7, 11) is 0. The van der Waals surface area contributed by atoms with Gasteiger partial charge in [0.05, 0.1) is 0 Å². The lowest BCUT2D eigenvalue weighted by molar-refractivity contribution is 0.248. The lowest BCUT2D eigenvalue weighted by Gasteiger charge is -2.23. The Morgan fingerprint density at radius 1 is 1.29 bits per heavy atom. The molecule has 0 aliphatic carbocycles. The first-order valence-corrected chi connectivity index (χ1v) is 6.72. The third-order valence-corrected chi connectivity index (χ3v) is 3.38. The average molecular weight is 234 g/mol. The van der Waals surface area contributed by atoms with E-state index in [4.69, 9.17) is 5.73 Å². The summed E-state index contributed by atoms with van der Waals surface area (Å²) in [6.07, 6.45) is 2.35. The summed E-state index contributed by atoms with van der Waals surface area (Å²) < 4.78 is 0. The molecule has 1 aromatic rings. The van der Waals surface area contributed by atoms with Crippen molar-refractivity contribution < 1.29 is 0 Å². The summed E-state index contributed by atoms with van der Waals surface area (Å²) >= 11 is 0. The zero-order valence-electron chi connectivity index (χ0n) is 11.4. The summed E-state index contributed by atoms with van der Waals surface area (Å²) in [6.45, 7) is 10.3. The zero-order chi connectivity index (χ0) is 12.7. The second-order valence-electron chi connectivity index (χ2n) is 4.90. The standard InChI is InChI=1S/C15H26N2/c1-4-13(3)12-17(5-2)10-9-14-7-6-8-15(16)11-14/h6-8,11,13H,4-5,9-10,12,16H2,1-3H3. The number of anilines is 1. The second-order valence-corrected chi connectivity index (χ2v) is 4.90. The van der Waals surface area contributed by atoms with Gasteiger partial charge in [-0.25, -0.2) is 0 Å². The van der Waals surface area contributed by atoms with Crippen molar-refractivity contribution in [3.63, 3.8) is 0 Å². The number of nitrogen functional groups attached to an aromatic ring is 1. The minimum atomic E-state index is 0.788. The maximum absolute atomic E-state index is 5.79. The molecule has 1 aromatic carbocycles. The molecule has 0 saturated heterocycles. The summed E-state index contributed by atoms with van der Waals surface area (Å²) in [4.78, 5) is 2.53. The molecule has 0 aromatic heterocycles. The fraction of sp³-hybridized carbons (Fsp3) is 0.600. The third-order valence-electron chi connectivity index (χ3n) is 3.38. The minimum absolute atomic E-state index is 0.788. The predicted molar refractivity (Wildman–Crippen MR) is 76.1 cm³/mol. The van der Waals surface area contributed by atoms with Crippen LogP contribution in [0.3, 0.4) is 0 Å². The molecule has 2 nitrogen and oxygen atoms in total. The van der Waals surface area contributed by atoms with Gasteiger partial charge >= 0.3 is 0 Å². The van der Waals surface area contributed by atoms with Gasteiger partial charge in [0.25, 0.3) is 0 Å². The van der Waals surface area contributed by atoms with Gasteiger partial charge in [0.15, 0.2) is 0 Å². The molecular weight excluding hydrogens is 208 g/mol. The lowest BCUT2D eigenvalue weighted by atomic mass is 10.1. The molecule has 0 fully saturated rings. The minimum Gasteiger partial charge on any atom is -0.399 e. The third kappa shape index (κ3) is 5.22. The van der Waals surface area contributed by atoms with E-state index < -0.39 is 0 Å². The van der Waals surface area contributed by atoms with E-state index >= 15 is 0 Å². The van der Waals surface area contributed by atoms with Gasteiger partial charge in [-0.3, -0.25) is 0 Å². The Balaban J connectivity index is 2.42. The normalized spacial score (nSPS) is 12.9. The van der Waals surface area contributed by atoms with Gasteiger partial charge < -0.3 is 10.6 Å². The Morgan fingerprint density at radius 2 is 2.06 bits per heavy atom. The van der Waals surface area contributed by atoms with Crippen LogP contribution in [0.2, 0.25) is 0 Å². The van der Waals surface area contributed by atoms with E-state index in [0.29, 0.717) is 0 Å². The highest BCUT2D eigenvalue weighted by Gasteiger charge is 2.07. The highest BCUT2D eigenvalue weighted by atomic mass is 15.1. The molecule has 1 atom stereocenters. The van der Waals surface area contributed by atoms with Crippen molar-refractivity contribution in [1.29, 1.82) is 0 Å². The van der Waals surface area contributed by atoms with Crippen LogP contribution >= 0.6 is 0 Å². The molecule has 2 N–H and O–H groups in total. The zero-order valence-corrected chi connectivity index (χ0v) is 11.4. The quantitative estimate of drug-likeness (QED) is 0.734. The number of rotatable bonds is 7. The number of nitrogens with two attached hydrogens (primary N) is 1. The molecule has 0 spiro atoms. The predicted octanol–water partition coefficient (Wildman–Crippen LogP) is 3.18. The maximum atomic E-state index is 5.79. The van der Waals surface area contributed by atoms with Crippen LogP contribution in [0.1, 0.15) is 32.8 Å². The Morgan fingerprint density at radius 3 is 2.65 bits per heavy atom. The molecule has 96 valence electrons. The van der Waals surface area contributed by atoms with E-state index in [1.54, 1.807) is 0 Å². The Labute approximate surface area is 106 Å². The highest BCUT2D eigenvalue weighted by molar-refractivity contribution is 5.40. The molecule has 0 radical (unpaired) electrons. The summed E-state index contributed by atoms with van der Waals surface area (Å²) in [5, 5.41) is 0. The summed E-state index contributed by atoms with van der Waals surface area (Å²) in [6, 6.07) is 8.22. The largest absolute Gasteiger partial charge is 0.399 e. The van der Waals surface area contributed by atoms with Crippen LogP contribution in [0, 0.1) is 5.92 Å².